The topological polar surface area (TPSA) is 78.5 Å². The molecule has 0 aliphatic rings. The highest BCUT2D eigenvalue weighted by Gasteiger charge is 2.36. The van der Waals surface area contributed by atoms with Gasteiger partial charge in [0, 0.05) is 58.5 Å². The molecule has 1 rings (SSSR count). The van der Waals surface area contributed by atoms with Crippen LogP contribution in [-0.4, -0.2) is 83.6 Å². The molecule has 0 saturated carbocycles. The third-order valence-corrected chi connectivity index (χ3v) is 8.81. The second-order valence-electron chi connectivity index (χ2n) is 6.74. The zero-order valence-corrected chi connectivity index (χ0v) is 22.3. The van der Waals surface area contributed by atoms with Crippen molar-refractivity contribution in [2.24, 2.45) is 0 Å². The summed E-state index contributed by atoms with van der Waals surface area (Å²) >= 11 is 6.57. The fraction of sp³-hybridized carbons (Fsp3) is 0.619. The van der Waals surface area contributed by atoms with Gasteiger partial charge >= 0.3 is 8.80 Å². The Labute approximate surface area is 202 Å². The van der Waals surface area contributed by atoms with Crippen molar-refractivity contribution in [3.8, 4) is 0 Å². The fourth-order valence-electron chi connectivity index (χ4n) is 2.82. The van der Waals surface area contributed by atoms with E-state index in [1.807, 2.05) is 49.1 Å². The Hall–Kier alpha value is -1.21. The zero-order chi connectivity index (χ0) is 23.8. The Morgan fingerprint density at radius 2 is 1.75 bits per heavy atom. The number of thioether (sulfide) groups is 1. The summed E-state index contributed by atoms with van der Waals surface area (Å²) in [5, 5.41) is 3.11. The van der Waals surface area contributed by atoms with Gasteiger partial charge in [-0.1, -0.05) is 30.0 Å². The van der Waals surface area contributed by atoms with Crippen LogP contribution in [0.4, 0.5) is 10.5 Å². The van der Waals surface area contributed by atoms with E-state index in [1.165, 1.54) is 0 Å². The molecular formula is C21H36N2O6S2Si. The van der Waals surface area contributed by atoms with Crippen molar-refractivity contribution in [1.82, 2.24) is 4.90 Å². The molecule has 182 valence electrons. The van der Waals surface area contributed by atoms with E-state index in [1.54, 1.807) is 21.3 Å². The number of carbonyl (C=O) groups is 1. The molecule has 0 aliphatic heterocycles. The lowest BCUT2D eigenvalue weighted by Gasteiger charge is -2.26. The Kier molecular flexibility index (Phi) is 14.8. The molecule has 0 spiro atoms. The highest BCUT2D eigenvalue weighted by molar-refractivity contribution is 8.13. The van der Waals surface area contributed by atoms with Crippen LogP contribution in [0.15, 0.2) is 30.3 Å². The summed E-state index contributed by atoms with van der Waals surface area (Å²) in [5.74, 6) is 0.410. The van der Waals surface area contributed by atoms with E-state index in [0.29, 0.717) is 30.2 Å². The van der Waals surface area contributed by atoms with Crippen molar-refractivity contribution in [1.29, 1.82) is 0 Å². The molecule has 1 amide bonds. The molecule has 1 N–H and O–H groups in total. The lowest BCUT2D eigenvalue weighted by molar-refractivity contribution is 0.0461. The van der Waals surface area contributed by atoms with Crippen LogP contribution in [0.3, 0.4) is 0 Å². The third-order valence-electron chi connectivity index (χ3n) is 4.72. The number of anilines is 1. The van der Waals surface area contributed by atoms with Gasteiger partial charge in [0.1, 0.15) is 6.10 Å². The van der Waals surface area contributed by atoms with Crippen molar-refractivity contribution in [3.05, 3.63) is 30.3 Å². The van der Waals surface area contributed by atoms with Crippen LogP contribution < -0.4 is 5.32 Å². The first-order valence-electron chi connectivity index (χ1n) is 10.6. The Morgan fingerprint density at radius 1 is 1.12 bits per heavy atom. The van der Waals surface area contributed by atoms with Gasteiger partial charge in [0.15, 0.2) is 0 Å². The number of para-hydroxylation sites is 1. The average Bonchev–Trinajstić information content (AvgIpc) is 2.81. The molecule has 1 aromatic carbocycles. The maximum absolute atomic E-state index is 12.3. The number of thiocarbonyl (C=S) groups is 1. The Balaban J connectivity index is 2.56. The van der Waals surface area contributed by atoms with Crippen LogP contribution in [0.2, 0.25) is 6.04 Å². The number of hydrogen-bond acceptors (Lipinski definition) is 8. The second-order valence-corrected chi connectivity index (χ2v) is 11.2. The van der Waals surface area contributed by atoms with Gasteiger partial charge in [-0.3, -0.25) is 4.79 Å². The van der Waals surface area contributed by atoms with Crippen LogP contribution in [0.1, 0.15) is 20.3 Å². The molecule has 1 unspecified atom stereocenters. The highest BCUT2D eigenvalue weighted by atomic mass is 32.2. The summed E-state index contributed by atoms with van der Waals surface area (Å²) in [6.07, 6.45) is 0.361. The van der Waals surface area contributed by atoms with Gasteiger partial charge in [-0.2, -0.15) is 0 Å². The summed E-state index contributed by atoms with van der Waals surface area (Å²) in [5.41, 5.74) is 0.749. The molecule has 8 nitrogen and oxygen atoms in total. The minimum Gasteiger partial charge on any atom is -0.464 e. The number of amides is 1. The van der Waals surface area contributed by atoms with E-state index in [2.05, 4.69) is 5.32 Å². The van der Waals surface area contributed by atoms with Crippen LogP contribution in [-0.2, 0) is 22.8 Å². The number of rotatable bonds is 15. The van der Waals surface area contributed by atoms with Crippen molar-refractivity contribution in [2.75, 3.05) is 58.7 Å². The molecule has 0 saturated heterocycles. The summed E-state index contributed by atoms with van der Waals surface area (Å²) < 4.78 is 28.1. The smallest absolute Gasteiger partial charge is 0.464 e. The third kappa shape index (κ3) is 10.6. The maximum Gasteiger partial charge on any atom is 0.500 e. The van der Waals surface area contributed by atoms with Gasteiger partial charge in [-0.15, -0.1) is 0 Å². The second kappa shape index (κ2) is 16.4. The lowest BCUT2D eigenvalue weighted by atomic mass is 10.3. The van der Waals surface area contributed by atoms with Gasteiger partial charge < -0.3 is 33.0 Å². The number of hydrogen-bond donors (Lipinski definition) is 1. The number of carbonyl (C=O) groups excluding carboxylic acids is 1. The van der Waals surface area contributed by atoms with Crippen molar-refractivity contribution < 1.29 is 27.5 Å². The number of nitrogens with zero attached hydrogens (tertiary/aromatic N) is 1. The van der Waals surface area contributed by atoms with Gasteiger partial charge in [-0.25, -0.2) is 0 Å². The van der Waals surface area contributed by atoms with Gasteiger partial charge in [0.2, 0.25) is 0 Å². The molecule has 0 bridgehead atoms. The van der Waals surface area contributed by atoms with Crippen LogP contribution in [0.25, 0.3) is 0 Å². The molecule has 11 heteroatoms. The molecule has 1 atom stereocenters. The summed E-state index contributed by atoms with van der Waals surface area (Å²) in [6.45, 7) is 6.34. The summed E-state index contributed by atoms with van der Waals surface area (Å²) in [6, 6.07) is 9.97. The zero-order valence-electron chi connectivity index (χ0n) is 19.6. The Bertz CT molecular complexity index is 655. The Morgan fingerprint density at radius 3 is 2.31 bits per heavy atom. The van der Waals surface area contributed by atoms with Crippen molar-refractivity contribution in [3.63, 3.8) is 0 Å². The SMILES string of the molecule is CCN(CC)C(=S)OC(COCCC[Si](OC)(OC)OC)CSC(=O)Nc1ccccc1. The monoisotopic (exact) mass is 504 g/mol. The molecule has 0 aliphatic carbocycles. The molecule has 0 radical (unpaired) electrons. The highest BCUT2D eigenvalue weighted by Crippen LogP contribution is 2.16. The molecule has 0 heterocycles. The fourth-order valence-corrected chi connectivity index (χ4v) is 5.60. The number of ether oxygens (including phenoxy) is 2. The van der Waals surface area contributed by atoms with Gasteiger partial charge in [0.05, 0.1) is 6.61 Å². The predicted molar refractivity (Wildman–Crippen MR) is 135 cm³/mol. The molecule has 0 aromatic heterocycles. The maximum atomic E-state index is 12.3. The standard InChI is InChI=1S/C21H36N2O6S2Si/c1-6-23(7-2)21(30)29-19(16-28-14-11-15-32(25-3,26-4)27-5)17-31-20(24)22-18-12-9-8-10-13-18/h8-10,12-13,19H,6-7,11,14-17H2,1-5H3,(H,22,24). The van der Waals surface area contributed by atoms with E-state index in [4.69, 9.17) is 35.0 Å². The van der Waals surface area contributed by atoms with Gasteiger partial charge in [0.25, 0.3) is 10.4 Å². The first-order chi connectivity index (χ1) is 15.4. The first-order valence-corrected chi connectivity index (χ1v) is 13.9. The van der Waals surface area contributed by atoms with Crippen molar-refractivity contribution in [2.45, 2.75) is 32.4 Å². The lowest BCUT2D eigenvalue weighted by Crippen LogP contribution is -2.42. The molecule has 0 fully saturated rings. The normalized spacial score (nSPS) is 12.3. The van der Waals surface area contributed by atoms with Crippen LogP contribution >= 0.6 is 24.0 Å². The number of nitrogens with one attached hydrogen (secondary N) is 1. The largest absolute Gasteiger partial charge is 0.500 e. The molecule has 1 aromatic rings. The number of benzene rings is 1. The van der Waals surface area contributed by atoms with E-state index < -0.39 is 8.80 Å². The van der Waals surface area contributed by atoms with Crippen molar-refractivity contribution >= 4 is 48.9 Å². The van der Waals surface area contributed by atoms with Gasteiger partial charge in [-0.05, 0) is 44.6 Å². The predicted octanol–water partition coefficient (Wildman–Crippen LogP) is 4.25. The van der Waals surface area contributed by atoms with Crippen LogP contribution in [0.5, 0.6) is 0 Å². The van der Waals surface area contributed by atoms with E-state index in [-0.39, 0.29) is 11.3 Å². The van der Waals surface area contributed by atoms with E-state index in [9.17, 15) is 4.79 Å². The minimum absolute atomic E-state index is 0.158. The summed E-state index contributed by atoms with van der Waals surface area (Å²) in [7, 11) is 2.17. The van der Waals surface area contributed by atoms with E-state index >= 15 is 0 Å². The molecular weight excluding hydrogens is 468 g/mol. The minimum atomic E-state index is -2.61. The van der Waals surface area contributed by atoms with Crippen LogP contribution in [0, 0.1) is 0 Å². The summed E-state index contributed by atoms with van der Waals surface area (Å²) in [4.78, 5) is 14.3. The average molecular weight is 505 g/mol. The van der Waals surface area contributed by atoms with E-state index in [0.717, 1.165) is 37.0 Å². The molecule has 32 heavy (non-hydrogen) atoms. The quantitative estimate of drug-likeness (QED) is 0.214. The first kappa shape index (κ1) is 28.8.